The first-order valence-electron chi connectivity index (χ1n) is 8.55. The first-order chi connectivity index (χ1) is 11.3. The second kappa shape index (κ2) is 12.7. The lowest BCUT2D eigenvalue weighted by molar-refractivity contribution is -0.138. The smallest absolute Gasteiger partial charge is 0.348 e. The Kier molecular flexibility index (Phi) is 10.6. The molecule has 0 aromatic rings. The quantitative estimate of drug-likeness (QED) is 0.203. The minimum atomic E-state index is -0.535. The van der Waals surface area contributed by atoms with Crippen LogP contribution in [0.5, 0.6) is 0 Å². The van der Waals surface area contributed by atoms with E-state index in [9.17, 15) is 4.79 Å². The number of hydrogen-bond donors (Lipinski definition) is 0. The summed E-state index contributed by atoms with van der Waals surface area (Å²) in [5.74, 6) is -0.535. The van der Waals surface area contributed by atoms with Crippen molar-refractivity contribution in [3.05, 3.63) is 23.9 Å². The third kappa shape index (κ3) is 9.04. The molecule has 0 spiro atoms. The fourth-order valence-corrected chi connectivity index (χ4v) is 2.26. The van der Waals surface area contributed by atoms with Gasteiger partial charge in [0.2, 0.25) is 0 Å². The molecule has 128 valence electrons. The monoisotopic (exact) mass is 320 g/mol. The number of rotatable bonds is 10. The van der Waals surface area contributed by atoms with E-state index in [0.29, 0.717) is 19.8 Å². The topological polar surface area (TPSA) is 62.6 Å². The number of hydrogen-bond acceptors (Lipinski definition) is 5. The molecule has 0 aromatic heterocycles. The average molecular weight is 320 g/mol. The number of nitrogens with zero attached hydrogens (tertiary/aromatic N) is 2. The van der Waals surface area contributed by atoms with Crippen molar-refractivity contribution in [3.63, 3.8) is 0 Å². The summed E-state index contributed by atoms with van der Waals surface area (Å²) in [6.45, 7) is 5.64. The number of ether oxygens (including phenoxy) is 2. The molecule has 1 heterocycles. The number of carbonyl (C=O) groups is 1. The zero-order valence-corrected chi connectivity index (χ0v) is 14.1. The van der Waals surface area contributed by atoms with E-state index in [1.807, 2.05) is 12.3 Å². The Bertz CT molecular complexity index is 432. The third-order valence-electron chi connectivity index (χ3n) is 3.68. The van der Waals surface area contributed by atoms with Crippen LogP contribution >= 0.6 is 0 Å². The molecule has 5 nitrogen and oxygen atoms in total. The maximum Gasteiger partial charge on any atom is 0.348 e. The molecule has 0 bridgehead atoms. The van der Waals surface area contributed by atoms with E-state index < -0.39 is 5.97 Å². The Hall–Kier alpha value is -1.80. The van der Waals surface area contributed by atoms with Crippen molar-refractivity contribution >= 4 is 5.97 Å². The van der Waals surface area contributed by atoms with Gasteiger partial charge in [-0.05, 0) is 24.8 Å². The molecule has 0 aromatic carbocycles. The summed E-state index contributed by atoms with van der Waals surface area (Å²) in [5, 5.41) is 9.05. The van der Waals surface area contributed by atoms with E-state index in [-0.39, 0.29) is 5.57 Å². The van der Waals surface area contributed by atoms with Gasteiger partial charge in [0.15, 0.2) is 0 Å². The van der Waals surface area contributed by atoms with Crippen LogP contribution < -0.4 is 0 Å². The van der Waals surface area contributed by atoms with Crippen molar-refractivity contribution in [1.82, 2.24) is 4.90 Å². The summed E-state index contributed by atoms with van der Waals surface area (Å²) in [6.07, 6.45) is 11.9. The van der Waals surface area contributed by atoms with Gasteiger partial charge < -0.3 is 14.4 Å². The Morgan fingerprint density at radius 1 is 1.22 bits per heavy atom. The molecule has 0 aliphatic carbocycles. The molecular formula is C18H28N2O3. The maximum atomic E-state index is 11.8. The fourth-order valence-electron chi connectivity index (χ4n) is 2.26. The molecular weight excluding hydrogens is 292 g/mol. The lowest BCUT2D eigenvalue weighted by Crippen LogP contribution is -2.31. The number of esters is 1. The molecule has 23 heavy (non-hydrogen) atoms. The van der Waals surface area contributed by atoms with Crippen LogP contribution in [0.2, 0.25) is 0 Å². The number of morpholine rings is 1. The molecule has 0 atom stereocenters. The first-order valence-corrected chi connectivity index (χ1v) is 8.55. The largest absolute Gasteiger partial charge is 0.462 e. The lowest BCUT2D eigenvalue weighted by atomic mass is 10.1. The second-order valence-corrected chi connectivity index (χ2v) is 5.59. The third-order valence-corrected chi connectivity index (χ3v) is 3.68. The normalized spacial score (nSPS) is 15.7. The zero-order valence-electron chi connectivity index (χ0n) is 14.1. The van der Waals surface area contributed by atoms with Crippen LogP contribution in [-0.4, -0.2) is 43.8 Å². The van der Waals surface area contributed by atoms with E-state index in [1.165, 1.54) is 31.8 Å². The van der Waals surface area contributed by atoms with Crippen molar-refractivity contribution in [1.29, 1.82) is 5.26 Å². The summed E-state index contributed by atoms with van der Waals surface area (Å²) < 4.78 is 10.4. The van der Waals surface area contributed by atoms with Crippen molar-refractivity contribution in [3.8, 4) is 6.07 Å². The predicted octanol–water partition coefficient (Wildman–Crippen LogP) is 3.19. The van der Waals surface area contributed by atoms with Gasteiger partial charge in [0.25, 0.3) is 0 Å². The van der Waals surface area contributed by atoms with Crippen LogP contribution in [0.15, 0.2) is 23.9 Å². The van der Waals surface area contributed by atoms with Crippen LogP contribution in [0, 0.1) is 11.3 Å². The molecule has 0 unspecified atom stereocenters. The van der Waals surface area contributed by atoms with Crippen molar-refractivity contribution in [2.45, 2.75) is 45.4 Å². The maximum absolute atomic E-state index is 11.8. The highest BCUT2D eigenvalue weighted by Gasteiger charge is 2.09. The summed E-state index contributed by atoms with van der Waals surface area (Å²) in [5.41, 5.74) is 0.0421. The summed E-state index contributed by atoms with van der Waals surface area (Å²) >= 11 is 0. The van der Waals surface area contributed by atoms with Gasteiger partial charge in [-0.3, -0.25) is 0 Å². The summed E-state index contributed by atoms with van der Waals surface area (Å²) in [6, 6.07) is 1.90. The molecule has 5 heteroatoms. The molecule has 1 saturated heterocycles. The molecule has 1 aliphatic rings. The van der Waals surface area contributed by atoms with E-state index in [4.69, 9.17) is 14.7 Å². The molecule has 0 N–H and O–H groups in total. The highest BCUT2D eigenvalue weighted by Crippen LogP contribution is 2.06. The average Bonchev–Trinajstić information content (AvgIpc) is 2.58. The van der Waals surface area contributed by atoms with Gasteiger partial charge in [0.05, 0.1) is 19.8 Å². The second-order valence-electron chi connectivity index (χ2n) is 5.59. The highest BCUT2D eigenvalue weighted by molar-refractivity contribution is 5.93. The predicted molar refractivity (Wildman–Crippen MR) is 89.6 cm³/mol. The molecule has 0 radical (unpaired) electrons. The number of nitriles is 1. The van der Waals surface area contributed by atoms with Crippen LogP contribution in [-0.2, 0) is 14.3 Å². The van der Waals surface area contributed by atoms with Crippen molar-refractivity contribution in [2.24, 2.45) is 0 Å². The van der Waals surface area contributed by atoms with Gasteiger partial charge in [0, 0.05) is 13.1 Å². The van der Waals surface area contributed by atoms with Gasteiger partial charge >= 0.3 is 5.97 Å². The summed E-state index contributed by atoms with van der Waals surface area (Å²) in [7, 11) is 0. The first kappa shape index (κ1) is 19.2. The minimum Gasteiger partial charge on any atom is -0.462 e. The lowest BCUT2D eigenvalue weighted by Gasteiger charge is -2.24. The SMILES string of the molecule is CCCCCCCCOC(=O)/C(C#N)=C\C=C\N1CCOCC1. The summed E-state index contributed by atoms with van der Waals surface area (Å²) in [4.78, 5) is 13.9. The number of allylic oxidation sites excluding steroid dienone is 2. The van der Waals surface area contributed by atoms with Gasteiger partial charge in [0.1, 0.15) is 11.6 Å². The Morgan fingerprint density at radius 3 is 2.61 bits per heavy atom. The van der Waals surface area contributed by atoms with E-state index in [1.54, 1.807) is 6.08 Å². The van der Waals surface area contributed by atoms with Gasteiger partial charge in [-0.15, -0.1) is 0 Å². The van der Waals surface area contributed by atoms with Crippen LogP contribution in [0.3, 0.4) is 0 Å². The van der Waals surface area contributed by atoms with Crippen molar-refractivity contribution in [2.75, 3.05) is 32.9 Å². The molecule has 1 fully saturated rings. The zero-order chi connectivity index (χ0) is 16.8. The van der Waals surface area contributed by atoms with E-state index >= 15 is 0 Å². The van der Waals surface area contributed by atoms with E-state index in [2.05, 4.69) is 11.8 Å². The van der Waals surface area contributed by atoms with Gasteiger partial charge in [-0.2, -0.15) is 5.26 Å². The standard InChI is InChI=1S/C18H28N2O3/c1-2-3-4-5-6-7-13-23-18(21)17(16-19)9-8-10-20-11-14-22-15-12-20/h8-10H,2-7,11-15H2,1H3/b10-8+,17-9-. The van der Waals surface area contributed by atoms with Crippen LogP contribution in [0.4, 0.5) is 0 Å². The van der Waals surface area contributed by atoms with Gasteiger partial charge in [-0.1, -0.05) is 39.0 Å². The van der Waals surface area contributed by atoms with E-state index in [0.717, 1.165) is 25.9 Å². The van der Waals surface area contributed by atoms with Crippen LogP contribution in [0.25, 0.3) is 0 Å². The fraction of sp³-hybridized carbons (Fsp3) is 0.667. The molecule has 0 saturated carbocycles. The van der Waals surface area contributed by atoms with Gasteiger partial charge in [-0.25, -0.2) is 4.79 Å². The molecule has 0 amide bonds. The number of unbranched alkanes of at least 4 members (excludes halogenated alkanes) is 5. The Balaban J connectivity index is 2.24. The van der Waals surface area contributed by atoms with Crippen LogP contribution in [0.1, 0.15) is 45.4 Å². The minimum absolute atomic E-state index is 0.0421. The Morgan fingerprint density at radius 2 is 1.91 bits per heavy atom. The number of carbonyl (C=O) groups excluding carboxylic acids is 1. The van der Waals surface area contributed by atoms with Crippen molar-refractivity contribution < 1.29 is 14.3 Å². The molecule has 1 rings (SSSR count). The molecule has 1 aliphatic heterocycles. The Labute approximate surface area is 139 Å². The highest BCUT2D eigenvalue weighted by atomic mass is 16.5.